The number of hydrogen-bond donors (Lipinski definition) is 1. The molecule has 2 aliphatic carbocycles. The summed E-state index contributed by atoms with van der Waals surface area (Å²) in [6.07, 6.45) is 14.8. The van der Waals surface area contributed by atoms with Crippen molar-refractivity contribution in [2.75, 3.05) is 6.54 Å². The first-order valence-electron chi connectivity index (χ1n) is 9.66. The van der Waals surface area contributed by atoms with Gasteiger partial charge in [0, 0.05) is 43.3 Å². The average Bonchev–Trinajstić information content (AvgIpc) is 3.26. The maximum absolute atomic E-state index is 13.6. The minimum atomic E-state index is -0.175. The summed E-state index contributed by atoms with van der Waals surface area (Å²) < 4.78 is 2.07. The van der Waals surface area contributed by atoms with Crippen molar-refractivity contribution in [1.29, 1.82) is 0 Å². The fourth-order valence-electron chi connectivity index (χ4n) is 5.73. The van der Waals surface area contributed by atoms with Crippen molar-refractivity contribution in [1.82, 2.24) is 19.4 Å². The minimum Gasteiger partial charge on any atom is -0.348 e. The lowest BCUT2D eigenvalue weighted by atomic mass is 9.68. The third kappa shape index (κ3) is 2.79. The van der Waals surface area contributed by atoms with Crippen molar-refractivity contribution in [2.24, 2.45) is 17.8 Å². The molecule has 4 aliphatic rings. The Morgan fingerprint density at radius 1 is 1.12 bits per heavy atom. The lowest BCUT2D eigenvalue weighted by Crippen LogP contribution is -2.45. The van der Waals surface area contributed by atoms with Crippen molar-refractivity contribution >= 4 is 5.91 Å². The number of H-pyrrole nitrogens is 1. The summed E-state index contributed by atoms with van der Waals surface area (Å²) in [5, 5.41) is 0. The van der Waals surface area contributed by atoms with Crippen LogP contribution in [0.2, 0.25) is 0 Å². The number of carbonyl (C=O) groups excluding carboxylic acids is 1. The van der Waals surface area contributed by atoms with Crippen LogP contribution in [0.3, 0.4) is 0 Å². The summed E-state index contributed by atoms with van der Waals surface area (Å²) >= 11 is 0. The minimum absolute atomic E-state index is 0.175. The quantitative estimate of drug-likeness (QED) is 0.931. The molecule has 2 aromatic heterocycles. The molecule has 2 aromatic rings. The Morgan fingerprint density at radius 2 is 1.84 bits per heavy atom. The van der Waals surface area contributed by atoms with Gasteiger partial charge < -0.3 is 14.5 Å². The fourth-order valence-corrected chi connectivity index (χ4v) is 5.73. The number of carbonyl (C=O) groups is 1. The maximum atomic E-state index is 13.6. The van der Waals surface area contributed by atoms with Crippen LogP contribution in [0.4, 0.5) is 0 Å². The largest absolute Gasteiger partial charge is 0.348 e. The zero-order valence-corrected chi connectivity index (χ0v) is 14.6. The molecule has 5 atom stereocenters. The van der Waals surface area contributed by atoms with E-state index in [9.17, 15) is 4.79 Å². The Morgan fingerprint density at radius 3 is 2.52 bits per heavy atom. The smallest absolute Gasteiger partial charge is 0.246 e. The Balaban J connectivity index is 1.43. The number of fused-ring (bicyclic) bond motifs is 1. The molecule has 1 N–H and O–H groups in total. The molecule has 4 heterocycles. The van der Waals surface area contributed by atoms with E-state index in [1.165, 1.54) is 32.1 Å². The number of nitrogens with one attached hydrogen (secondary N) is 1. The van der Waals surface area contributed by atoms with Crippen molar-refractivity contribution in [3.63, 3.8) is 0 Å². The number of amides is 1. The van der Waals surface area contributed by atoms with Gasteiger partial charge in [-0.15, -0.1) is 0 Å². The summed E-state index contributed by atoms with van der Waals surface area (Å²) in [5.41, 5.74) is 1.02. The van der Waals surface area contributed by atoms with Gasteiger partial charge in [0.1, 0.15) is 6.04 Å². The molecule has 25 heavy (non-hydrogen) atoms. The highest BCUT2D eigenvalue weighted by atomic mass is 16.2. The van der Waals surface area contributed by atoms with Gasteiger partial charge in [0.15, 0.2) is 0 Å². The normalized spacial score (nSPS) is 31.9. The highest BCUT2D eigenvalue weighted by molar-refractivity contribution is 5.81. The van der Waals surface area contributed by atoms with Crippen LogP contribution in [0, 0.1) is 17.8 Å². The number of aromatic nitrogens is 3. The van der Waals surface area contributed by atoms with E-state index in [1.807, 2.05) is 30.7 Å². The monoisotopic (exact) mass is 338 g/mol. The molecule has 2 saturated heterocycles. The predicted octanol–water partition coefficient (Wildman–Crippen LogP) is 3.03. The molecular formula is C20H26N4O. The Kier molecular flexibility index (Phi) is 3.68. The molecule has 5 heteroatoms. The van der Waals surface area contributed by atoms with E-state index in [0.29, 0.717) is 18.4 Å². The Labute approximate surface area is 148 Å². The van der Waals surface area contributed by atoms with Crippen LogP contribution >= 0.6 is 0 Å². The SMILES string of the molecule is O=C([C@@H](Cc1cnc[nH]1)n1cccc1)N1CC2C[C@@H]3CC1C[C@H](C2)C3. The third-order valence-corrected chi connectivity index (χ3v) is 6.63. The van der Waals surface area contributed by atoms with Gasteiger partial charge in [-0.05, 0) is 62.0 Å². The van der Waals surface area contributed by atoms with Gasteiger partial charge in [-0.1, -0.05) is 0 Å². The van der Waals surface area contributed by atoms with Crippen LogP contribution in [0.5, 0.6) is 0 Å². The van der Waals surface area contributed by atoms with Gasteiger partial charge in [0.05, 0.1) is 6.33 Å². The number of imidazole rings is 1. The summed E-state index contributed by atoms with van der Waals surface area (Å²) in [5.74, 6) is 2.73. The molecule has 1 amide bonds. The van der Waals surface area contributed by atoms with Crippen LogP contribution in [-0.4, -0.2) is 37.9 Å². The molecule has 0 aromatic carbocycles. The van der Waals surface area contributed by atoms with E-state index < -0.39 is 0 Å². The first-order valence-corrected chi connectivity index (χ1v) is 9.66. The first-order chi connectivity index (χ1) is 12.3. The number of aromatic amines is 1. The van der Waals surface area contributed by atoms with Crippen LogP contribution in [0.25, 0.3) is 0 Å². The molecule has 2 aliphatic heterocycles. The highest BCUT2D eigenvalue weighted by Crippen LogP contribution is 2.47. The van der Waals surface area contributed by atoms with E-state index >= 15 is 0 Å². The first kappa shape index (κ1) is 15.2. The summed E-state index contributed by atoms with van der Waals surface area (Å²) in [6.45, 7) is 0.969. The molecule has 5 nitrogen and oxygen atoms in total. The zero-order chi connectivity index (χ0) is 16.8. The van der Waals surface area contributed by atoms with Crippen molar-refractivity contribution in [3.8, 4) is 0 Å². The molecule has 4 fully saturated rings. The van der Waals surface area contributed by atoms with E-state index in [0.717, 1.165) is 30.0 Å². The summed E-state index contributed by atoms with van der Waals surface area (Å²) in [4.78, 5) is 23.2. The molecule has 2 unspecified atom stereocenters. The van der Waals surface area contributed by atoms with Crippen LogP contribution in [-0.2, 0) is 11.2 Å². The zero-order valence-electron chi connectivity index (χ0n) is 14.6. The van der Waals surface area contributed by atoms with Crippen LogP contribution < -0.4 is 0 Å². The second-order valence-electron chi connectivity index (χ2n) is 8.35. The standard InChI is InChI=1S/C20H26N4O/c25-20(19(23-3-1-2-4-23)10-17-11-21-13-22-17)24-12-16-6-14-5-15(7-16)9-18(24)8-14/h1-4,11,13-16,18-19H,5-10,12H2,(H,21,22)/t14-,15+,16?,18?,19-/m1/s1. The summed E-state index contributed by atoms with van der Waals surface area (Å²) in [6, 6.07) is 4.29. The maximum Gasteiger partial charge on any atom is 0.246 e. The molecule has 6 rings (SSSR count). The van der Waals surface area contributed by atoms with Crippen molar-refractivity contribution in [3.05, 3.63) is 42.7 Å². The van der Waals surface area contributed by atoms with Crippen molar-refractivity contribution < 1.29 is 4.79 Å². The second kappa shape index (κ2) is 6.04. The van der Waals surface area contributed by atoms with Crippen LogP contribution in [0.1, 0.15) is 43.8 Å². The molecule has 0 spiro atoms. The van der Waals surface area contributed by atoms with E-state index in [-0.39, 0.29) is 6.04 Å². The van der Waals surface area contributed by atoms with Crippen molar-refractivity contribution in [2.45, 2.75) is 50.6 Å². The third-order valence-electron chi connectivity index (χ3n) is 6.63. The number of nitrogens with zero attached hydrogens (tertiary/aromatic N) is 3. The lowest BCUT2D eigenvalue weighted by Gasteiger charge is -2.39. The van der Waals surface area contributed by atoms with Gasteiger partial charge >= 0.3 is 0 Å². The Bertz CT molecular complexity index is 709. The predicted molar refractivity (Wildman–Crippen MR) is 94.8 cm³/mol. The average molecular weight is 338 g/mol. The van der Waals surface area contributed by atoms with Gasteiger partial charge in [-0.3, -0.25) is 4.79 Å². The highest BCUT2D eigenvalue weighted by Gasteiger charge is 2.45. The topological polar surface area (TPSA) is 53.9 Å². The molecule has 132 valence electrons. The van der Waals surface area contributed by atoms with E-state index in [2.05, 4.69) is 19.4 Å². The number of rotatable bonds is 4. The number of hydrogen-bond acceptors (Lipinski definition) is 2. The lowest BCUT2D eigenvalue weighted by molar-refractivity contribution is -0.137. The van der Waals surface area contributed by atoms with Gasteiger partial charge in [0.2, 0.25) is 5.91 Å². The summed E-state index contributed by atoms with van der Waals surface area (Å²) in [7, 11) is 0. The second-order valence-corrected chi connectivity index (χ2v) is 8.35. The molecule has 0 radical (unpaired) electrons. The van der Waals surface area contributed by atoms with Gasteiger partial charge in [0.25, 0.3) is 0 Å². The molecule has 2 saturated carbocycles. The van der Waals surface area contributed by atoms with E-state index in [4.69, 9.17) is 0 Å². The van der Waals surface area contributed by atoms with Gasteiger partial charge in [-0.2, -0.15) is 0 Å². The fraction of sp³-hybridized carbons (Fsp3) is 0.600. The van der Waals surface area contributed by atoms with Gasteiger partial charge in [-0.25, -0.2) is 4.98 Å². The van der Waals surface area contributed by atoms with Crippen LogP contribution in [0.15, 0.2) is 37.1 Å². The Hall–Kier alpha value is -2.04. The molecular weight excluding hydrogens is 312 g/mol. The van der Waals surface area contributed by atoms with E-state index in [1.54, 1.807) is 6.33 Å². The molecule has 4 bridgehead atoms.